The van der Waals surface area contributed by atoms with Crippen molar-refractivity contribution in [2.24, 2.45) is 0 Å². The van der Waals surface area contributed by atoms with E-state index >= 15 is 0 Å². The Bertz CT molecular complexity index is 948. The van der Waals surface area contributed by atoms with Crippen LogP contribution in [0.5, 0.6) is 0 Å². The van der Waals surface area contributed by atoms with Crippen molar-refractivity contribution in [2.45, 2.75) is 52.2 Å². The van der Waals surface area contributed by atoms with E-state index in [4.69, 9.17) is 0 Å². The van der Waals surface area contributed by atoms with Gasteiger partial charge in [0.2, 0.25) is 0 Å². The van der Waals surface area contributed by atoms with E-state index in [9.17, 15) is 0 Å². The van der Waals surface area contributed by atoms with Gasteiger partial charge in [-0.2, -0.15) is 0 Å². The first-order valence-corrected chi connectivity index (χ1v) is 12.4. The average molecular weight is 334 g/mol. The lowest BCUT2D eigenvalue weighted by Gasteiger charge is -2.24. The molecule has 0 spiro atoms. The zero-order valence-corrected chi connectivity index (χ0v) is 16.7. The van der Waals surface area contributed by atoms with Crippen molar-refractivity contribution in [1.29, 1.82) is 0 Å². The number of rotatable bonds is 1. The second kappa shape index (κ2) is 4.86. The highest BCUT2D eigenvalue weighted by Gasteiger charge is 2.31. The van der Waals surface area contributed by atoms with E-state index in [0.717, 1.165) is 6.42 Å². The molecular weight excluding hydrogens is 306 g/mol. The maximum absolute atomic E-state index is 2.70. The summed E-state index contributed by atoms with van der Waals surface area (Å²) in [6.45, 7) is 14.3. The lowest BCUT2D eigenvalue weighted by atomic mass is 9.86. The summed E-state index contributed by atoms with van der Waals surface area (Å²) >= 11 is 0. The molecule has 1 aliphatic carbocycles. The fraction of sp³-hybridized carbons (Fsp3) is 0.364. The van der Waals surface area contributed by atoms with Crippen molar-refractivity contribution in [2.75, 3.05) is 0 Å². The van der Waals surface area contributed by atoms with Crippen LogP contribution in [0, 0.1) is 0 Å². The van der Waals surface area contributed by atoms with Crippen LogP contribution in [0.1, 0.15) is 37.6 Å². The largest absolute Gasteiger partial charge is 0.371 e. The van der Waals surface area contributed by atoms with Gasteiger partial charge in [-0.1, -0.05) is 70.7 Å². The minimum Gasteiger partial charge on any atom is -0.371 e. The Hall–Kier alpha value is -1.80. The van der Waals surface area contributed by atoms with Crippen LogP contribution < -0.4 is 0 Å². The standard InChI is InChI=1S/C22H27NSi/c1-22(2,3)16-11-12-19-18(14-16)21-17-10-8-7-9-15(17)13-20(21)23(19)24(4,5)6/h7-12,14H,13H2,1-6H3. The molecule has 0 saturated heterocycles. The number of hydrogen-bond acceptors (Lipinski definition) is 0. The summed E-state index contributed by atoms with van der Waals surface area (Å²) in [5, 5.41) is 1.45. The Morgan fingerprint density at radius 1 is 0.958 bits per heavy atom. The van der Waals surface area contributed by atoms with Crippen molar-refractivity contribution in [3.8, 4) is 11.1 Å². The maximum Gasteiger partial charge on any atom is 0.153 e. The van der Waals surface area contributed by atoms with Gasteiger partial charge < -0.3 is 4.23 Å². The third kappa shape index (κ3) is 2.20. The van der Waals surface area contributed by atoms with E-state index in [2.05, 4.69) is 87.1 Å². The first-order chi connectivity index (χ1) is 11.2. The zero-order chi connectivity index (χ0) is 17.3. The SMILES string of the molecule is CC(C)(C)c1ccc2c(c1)c1c(n2[Si](C)(C)C)Cc2ccccc2-1. The molecule has 0 amide bonds. The maximum atomic E-state index is 2.70. The van der Waals surface area contributed by atoms with Crippen molar-refractivity contribution >= 4 is 19.1 Å². The van der Waals surface area contributed by atoms with Gasteiger partial charge in [-0.15, -0.1) is 0 Å². The van der Waals surface area contributed by atoms with E-state index in [1.807, 2.05) is 0 Å². The molecule has 1 aromatic heterocycles. The van der Waals surface area contributed by atoms with Crippen molar-refractivity contribution in [3.05, 3.63) is 59.3 Å². The van der Waals surface area contributed by atoms with Crippen molar-refractivity contribution in [1.82, 2.24) is 4.23 Å². The Kier molecular flexibility index (Phi) is 3.18. The van der Waals surface area contributed by atoms with Crippen LogP contribution in [0.15, 0.2) is 42.5 Å². The summed E-state index contributed by atoms with van der Waals surface area (Å²) < 4.78 is 2.70. The summed E-state index contributed by atoms with van der Waals surface area (Å²) in [5.41, 5.74) is 9.00. The molecule has 1 aliphatic rings. The average Bonchev–Trinajstić information content (AvgIpc) is 2.98. The third-order valence-electron chi connectivity index (χ3n) is 5.25. The number of fused-ring (bicyclic) bond motifs is 5. The van der Waals surface area contributed by atoms with Gasteiger partial charge in [0, 0.05) is 28.6 Å². The number of nitrogens with zero attached hydrogens (tertiary/aromatic N) is 1. The molecule has 0 bridgehead atoms. The molecule has 4 rings (SSSR count). The van der Waals surface area contributed by atoms with Crippen LogP contribution in [-0.4, -0.2) is 12.5 Å². The van der Waals surface area contributed by atoms with Crippen LogP contribution in [0.4, 0.5) is 0 Å². The van der Waals surface area contributed by atoms with Crippen molar-refractivity contribution in [3.63, 3.8) is 0 Å². The van der Waals surface area contributed by atoms with Gasteiger partial charge in [0.1, 0.15) is 0 Å². The Morgan fingerprint density at radius 3 is 2.33 bits per heavy atom. The van der Waals surface area contributed by atoms with Gasteiger partial charge in [0.05, 0.1) is 0 Å². The normalized spacial score (nSPS) is 14.1. The summed E-state index contributed by atoms with van der Waals surface area (Å²) in [7, 11) is -1.49. The quantitative estimate of drug-likeness (QED) is 0.366. The molecule has 24 heavy (non-hydrogen) atoms. The fourth-order valence-corrected chi connectivity index (χ4v) is 6.06. The first kappa shape index (κ1) is 15.7. The van der Waals surface area contributed by atoms with E-state index in [-0.39, 0.29) is 5.41 Å². The summed E-state index contributed by atoms with van der Waals surface area (Å²) in [4.78, 5) is 0. The second-order valence-electron chi connectivity index (χ2n) is 9.14. The van der Waals surface area contributed by atoms with Crippen LogP contribution in [0.25, 0.3) is 22.0 Å². The van der Waals surface area contributed by atoms with Gasteiger partial charge in [-0.05, 0) is 34.2 Å². The van der Waals surface area contributed by atoms with Gasteiger partial charge in [0.25, 0.3) is 0 Å². The molecule has 0 aliphatic heterocycles. The molecule has 0 fully saturated rings. The highest BCUT2D eigenvalue weighted by molar-refractivity contribution is 6.75. The number of hydrogen-bond donors (Lipinski definition) is 0. The topological polar surface area (TPSA) is 4.93 Å². The molecule has 1 heterocycles. The minimum atomic E-state index is -1.49. The summed E-state index contributed by atoms with van der Waals surface area (Å²) in [6, 6.07) is 16.1. The van der Waals surface area contributed by atoms with E-state index in [1.54, 1.807) is 0 Å². The molecule has 0 unspecified atom stereocenters. The molecule has 0 saturated carbocycles. The van der Waals surface area contributed by atoms with E-state index in [0.29, 0.717) is 0 Å². The van der Waals surface area contributed by atoms with Gasteiger partial charge in [0.15, 0.2) is 8.24 Å². The second-order valence-corrected chi connectivity index (χ2v) is 13.9. The first-order valence-electron chi connectivity index (χ1n) is 8.94. The predicted molar refractivity (Wildman–Crippen MR) is 108 cm³/mol. The number of benzene rings is 2. The Morgan fingerprint density at radius 2 is 1.67 bits per heavy atom. The Balaban J connectivity index is 2.12. The molecule has 1 nitrogen and oxygen atoms in total. The lowest BCUT2D eigenvalue weighted by molar-refractivity contribution is 0.591. The monoisotopic (exact) mass is 333 g/mol. The molecule has 2 aromatic carbocycles. The zero-order valence-electron chi connectivity index (χ0n) is 15.7. The molecular formula is C22H27NSi. The Labute approximate surface area is 146 Å². The summed E-state index contributed by atoms with van der Waals surface area (Å²) in [5.74, 6) is 0. The molecule has 0 N–H and O–H groups in total. The van der Waals surface area contributed by atoms with E-state index < -0.39 is 8.24 Å². The predicted octanol–water partition coefficient (Wildman–Crippen LogP) is 6.19. The molecule has 0 radical (unpaired) electrons. The highest BCUT2D eigenvalue weighted by Crippen LogP contribution is 2.45. The molecule has 2 heteroatoms. The highest BCUT2D eigenvalue weighted by atomic mass is 28.3. The molecule has 124 valence electrons. The van der Waals surface area contributed by atoms with Crippen LogP contribution >= 0.6 is 0 Å². The molecule has 0 atom stereocenters. The lowest BCUT2D eigenvalue weighted by Crippen LogP contribution is -2.33. The fourth-order valence-electron chi connectivity index (χ4n) is 4.14. The van der Waals surface area contributed by atoms with Crippen molar-refractivity contribution < 1.29 is 0 Å². The van der Waals surface area contributed by atoms with Crippen LogP contribution in [-0.2, 0) is 11.8 Å². The minimum absolute atomic E-state index is 0.181. The third-order valence-corrected chi connectivity index (χ3v) is 7.10. The van der Waals surface area contributed by atoms with Gasteiger partial charge in [-0.3, -0.25) is 0 Å². The smallest absolute Gasteiger partial charge is 0.153 e. The number of aromatic nitrogens is 1. The van der Waals surface area contributed by atoms with Crippen LogP contribution in [0.3, 0.4) is 0 Å². The van der Waals surface area contributed by atoms with E-state index in [1.165, 1.54) is 38.9 Å². The van der Waals surface area contributed by atoms with Crippen LogP contribution in [0.2, 0.25) is 19.6 Å². The van der Waals surface area contributed by atoms with Gasteiger partial charge in [-0.25, -0.2) is 0 Å². The van der Waals surface area contributed by atoms with Gasteiger partial charge >= 0.3 is 0 Å². The molecule has 3 aromatic rings. The summed E-state index contributed by atoms with van der Waals surface area (Å²) in [6.07, 6.45) is 1.08.